The first kappa shape index (κ1) is 21.2. The monoisotopic (exact) mass is 444 g/mol. The fourth-order valence-corrected chi connectivity index (χ4v) is 5.62. The van der Waals surface area contributed by atoms with Gasteiger partial charge in [0, 0.05) is 11.1 Å². The highest BCUT2D eigenvalue weighted by Gasteiger charge is 2.35. The molecule has 0 unspecified atom stereocenters. The molecular formula is C22H25ClN4O2S. The van der Waals surface area contributed by atoms with Gasteiger partial charge in [0.1, 0.15) is 5.54 Å². The number of aromatic nitrogens is 2. The maximum Gasteiger partial charge on any atom is 0.262 e. The lowest BCUT2D eigenvalue weighted by Crippen LogP contribution is -2.46. The molecule has 0 spiro atoms. The fourth-order valence-electron chi connectivity index (χ4n) is 4.59. The number of rotatable bonds is 5. The van der Waals surface area contributed by atoms with Crippen LogP contribution in [0.4, 0.5) is 0 Å². The number of hydrogen-bond donors (Lipinski definition) is 1. The van der Waals surface area contributed by atoms with Crippen LogP contribution in [-0.4, -0.2) is 26.8 Å². The van der Waals surface area contributed by atoms with E-state index in [4.69, 9.17) is 16.6 Å². The maximum atomic E-state index is 13.3. The molecule has 2 fully saturated rings. The van der Waals surface area contributed by atoms with E-state index in [2.05, 4.69) is 11.4 Å². The third-order valence-electron chi connectivity index (χ3n) is 6.15. The van der Waals surface area contributed by atoms with Gasteiger partial charge in [-0.05, 0) is 56.7 Å². The standard InChI is InChI=1S/C22H25ClN4O2S/c23-15-8-9-17-18(12-15)25-21(27(20(17)29)16-6-2-1-3-7-16)30-13-19(28)26-22(14-24)10-4-5-11-22/h8-9,12,16H,1-7,10-11,13H2,(H,26,28). The molecule has 2 saturated carbocycles. The Balaban J connectivity index is 1.62. The van der Waals surface area contributed by atoms with Crippen molar-refractivity contribution in [1.29, 1.82) is 5.26 Å². The van der Waals surface area contributed by atoms with Crippen molar-refractivity contribution < 1.29 is 4.79 Å². The molecule has 158 valence electrons. The minimum Gasteiger partial charge on any atom is -0.337 e. The molecule has 2 aliphatic carbocycles. The number of halogens is 1. The van der Waals surface area contributed by atoms with Gasteiger partial charge < -0.3 is 5.32 Å². The summed E-state index contributed by atoms with van der Waals surface area (Å²) in [6, 6.07) is 7.51. The van der Waals surface area contributed by atoms with Gasteiger partial charge >= 0.3 is 0 Å². The van der Waals surface area contributed by atoms with E-state index in [1.54, 1.807) is 22.8 Å². The van der Waals surface area contributed by atoms with Gasteiger partial charge in [-0.1, -0.05) is 42.6 Å². The van der Waals surface area contributed by atoms with Crippen LogP contribution in [0.3, 0.4) is 0 Å². The number of amides is 1. The largest absolute Gasteiger partial charge is 0.337 e. The highest BCUT2D eigenvalue weighted by Crippen LogP contribution is 2.32. The molecule has 2 aromatic rings. The van der Waals surface area contributed by atoms with Crippen molar-refractivity contribution in [3.63, 3.8) is 0 Å². The Morgan fingerprint density at radius 3 is 2.70 bits per heavy atom. The van der Waals surface area contributed by atoms with E-state index in [0.717, 1.165) is 38.5 Å². The van der Waals surface area contributed by atoms with E-state index >= 15 is 0 Å². The van der Waals surface area contributed by atoms with Crippen molar-refractivity contribution >= 4 is 40.2 Å². The first-order valence-corrected chi connectivity index (χ1v) is 11.9. The van der Waals surface area contributed by atoms with Gasteiger partial charge in [0.05, 0.1) is 22.7 Å². The van der Waals surface area contributed by atoms with Gasteiger partial charge in [-0.3, -0.25) is 14.2 Å². The molecule has 6 nitrogen and oxygen atoms in total. The molecule has 1 amide bonds. The highest BCUT2D eigenvalue weighted by molar-refractivity contribution is 7.99. The number of nitriles is 1. The van der Waals surface area contributed by atoms with E-state index < -0.39 is 5.54 Å². The zero-order valence-corrected chi connectivity index (χ0v) is 18.4. The summed E-state index contributed by atoms with van der Waals surface area (Å²) >= 11 is 7.38. The summed E-state index contributed by atoms with van der Waals surface area (Å²) in [7, 11) is 0. The summed E-state index contributed by atoms with van der Waals surface area (Å²) in [5.41, 5.74) is -0.270. The molecule has 1 aromatic carbocycles. The summed E-state index contributed by atoms with van der Waals surface area (Å²) in [5.74, 6) is -0.0756. The van der Waals surface area contributed by atoms with Crippen molar-refractivity contribution in [2.24, 2.45) is 0 Å². The van der Waals surface area contributed by atoms with E-state index in [1.807, 2.05) is 0 Å². The maximum absolute atomic E-state index is 13.3. The zero-order valence-electron chi connectivity index (χ0n) is 16.8. The zero-order chi connectivity index (χ0) is 21.1. The van der Waals surface area contributed by atoms with E-state index in [9.17, 15) is 14.9 Å². The van der Waals surface area contributed by atoms with Crippen molar-refractivity contribution in [3.05, 3.63) is 33.6 Å². The number of carbonyl (C=O) groups excluding carboxylic acids is 1. The summed E-state index contributed by atoms with van der Waals surface area (Å²) < 4.78 is 1.78. The molecule has 0 radical (unpaired) electrons. The SMILES string of the molecule is N#CC1(NC(=O)CSc2nc3cc(Cl)ccc3c(=O)n2C2CCCCC2)CCCC1. The average Bonchev–Trinajstić information content (AvgIpc) is 3.21. The van der Waals surface area contributed by atoms with Crippen LogP contribution < -0.4 is 10.9 Å². The molecule has 0 aliphatic heterocycles. The molecular weight excluding hydrogens is 420 g/mol. The lowest BCUT2D eigenvalue weighted by Gasteiger charge is -2.26. The molecule has 30 heavy (non-hydrogen) atoms. The number of fused-ring (bicyclic) bond motifs is 1. The Morgan fingerprint density at radius 2 is 2.00 bits per heavy atom. The quantitative estimate of drug-likeness (QED) is 0.537. The number of thioether (sulfide) groups is 1. The minimum atomic E-state index is -0.745. The summed E-state index contributed by atoms with van der Waals surface area (Å²) in [6.07, 6.45) is 8.54. The number of carbonyl (C=O) groups is 1. The first-order chi connectivity index (χ1) is 14.5. The van der Waals surface area contributed by atoms with Gasteiger partial charge in [-0.15, -0.1) is 0 Å². The normalized spacial score (nSPS) is 18.9. The molecule has 2 aliphatic rings. The lowest BCUT2D eigenvalue weighted by molar-refractivity contribution is -0.119. The Kier molecular flexibility index (Phi) is 6.35. The second-order valence-electron chi connectivity index (χ2n) is 8.26. The Bertz CT molecular complexity index is 1050. The highest BCUT2D eigenvalue weighted by atomic mass is 35.5. The summed E-state index contributed by atoms with van der Waals surface area (Å²) in [6.45, 7) is 0. The summed E-state index contributed by atoms with van der Waals surface area (Å²) in [5, 5.41) is 14.0. The Hall–Kier alpha value is -2.04. The van der Waals surface area contributed by atoms with Crippen LogP contribution in [0.1, 0.15) is 63.8 Å². The van der Waals surface area contributed by atoms with Crippen LogP contribution in [-0.2, 0) is 4.79 Å². The third kappa shape index (κ3) is 4.35. The first-order valence-electron chi connectivity index (χ1n) is 10.6. The third-order valence-corrected chi connectivity index (χ3v) is 7.34. The molecule has 8 heteroatoms. The Morgan fingerprint density at radius 1 is 1.27 bits per heavy atom. The molecule has 0 atom stereocenters. The lowest BCUT2D eigenvalue weighted by atomic mass is 9.95. The predicted octanol–water partition coefficient (Wildman–Crippen LogP) is 4.60. The average molecular weight is 445 g/mol. The number of hydrogen-bond acceptors (Lipinski definition) is 5. The summed E-state index contributed by atoms with van der Waals surface area (Å²) in [4.78, 5) is 30.6. The van der Waals surface area contributed by atoms with E-state index in [0.29, 0.717) is 33.9 Å². The number of nitrogens with zero attached hydrogens (tertiary/aromatic N) is 3. The van der Waals surface area contributed by atoms with Crippen LogP contribution >= 0.6 is 23.4 Å². The number of nitrogens with one attached hydrogen (secondary N) is 1. The van der Waals surface area contributed by atoms with E-state index in [-0.39, 0.29) is 23.3 Å². The smallest absolute Gasteiger partial charge is 0.262 e. The minimum absolute atomic E-state index is 0.0734. The fraction of sp³-hybridized carbons (Fsp3) is 0.545. The van der Waals surface area contributed by atoms with Crippen LogP contribution in [0.2, 0.25) is 5.02 Å². The van der Waals surface area contributed by atoms with Crippen molar-refractivity contribution in [1.82, 2.24) is 14.9 Å². The molecule has 1 heterocycles. The second-order valence-corrected chi connectivity index (χ2v) is 9.64. The predicted molar refractivity (Wildman–Crippen MR) is 119 cm³/mol. The van der Waals surface area contributed by atoms with Gasteiger partial charge in [-0.25, -0.2) is 4.98 Å². The topological polar surface area (TPSA) is 87.8 Å². The van der Waals surface area contributed by atoms with Crippen molar-refractivity contribution in [3.8, 4) is 6.07 Å². The van der Waals surface area contributed by atoms with Gasteiger partial charge in [0.15, 0.2) is 5.16 Å². The molecule has 1 aromatic heterocycles. The van der Waals surface area contributed by atoms with E-state index in [1.165, 1.54) is 18.2 Å². The Labute approximate surface area is 185 Å². The second kappa shape index (κ2) is 8.99. The van der Waals surface area contributed by atoms with Gasteiger partial charge in [-0.2, -0.15) is 5.26 Å². The molecule has 1 N–H and O–H groups in total. The van der Waals surface area contributed by atoms with Crippen molar-refractivity contribution in [2.45, 2.75) is 74.5 Å². The molecule has 0 saturated heterocycles. The molecule has 0 bridgehead atoms. The van der Waals surface area contributed by atoms with Crippen LogP contribution in [0.5, 0.6) is 0 Å². The molecule has 4 rings (SSSR count). The van der Waals surface area contributed by atoms with Crippen LogP contribution in [0, 0.1) is 11.3 Å². The van der Waals surface area contributed by atoms with Gasteiger partial charge in [0.2, 0.25) is 5.91 Å². The number of benzene rings is 1. The van der Waals surface area contributed by atoms with Gasteiger partial charge in [0.25, 0.3) is 5.56 Å². The van der Waals surface area contributed by atoms with Crippen molar-refractivity contribution in [2.75, 3.05) is 5.75 Å². The van der Waals surface area contributed by atoms with Crippen LogP contribution in [0.15, 0.2) is 28.2 Å². The van der Waals surface area contributed by atoms with Crippen LogP contribution in [0.25, 0.3) is 10.9 Å².